The Morgan fingerprint density at radius 1 is 1.29 bits per heavy atom. The summed E-state index contributed by atoms with van der Waals surface area (Å²) in [6.07, 6.45) is -3.43. The summed E-state index contributed by atoms with van der Waals surface area (Å²) >= 11 is 3.23. The normalized spacial score (nSPS) is 11.4. The number of hydrogen-bond donors (Lipinski definition) is 0. The van der Waals surface area contributed by atoms with Gasteiger partial charge in [0.2, 0.25) is 0 Å². The van der Waals surface area contributed by atoms with Gasteiger partial charge >= 0.3 is 6.36 Å². The molecule has 0 saturated heterocycles. The van der Waals surface area contributed by atoms with Gasteiger partial charge in [-0.15, -0.1) is 13.2 Å². The molecular weight excluding hydrogens is 301 g/mol. The highest BCUT2D eigenvalue weighted by molar-refractivity contribution is 9.09. The first-order chi connectivity index (χ1) is 7.96. The van der Waals surface area contributed by atoms with E-state index in [2.05, 4.69) is 20.7 Å². The Morgan fingerprint density at radius 2 is 2.00 bits per heavy atom. The van der Waals surface area contributed by atoms with E-state index in [1.807, 2.05) is 0 Å². The molecule has 1 rings (SSSR count). The Morgan fingerprint density at radius 3 is 2.53 bits per heavy atom. The second-order valence-corrected chi connectivity index (χ2v) is 4.11. The average Bonchev–Trinajstić information content (AvgIpc) is 2.25. The zero-order valence-electron chi connectivity index (χ0n) is 9.18. The Balaban J connectivity index is 2.94. The van der Waals surface area contributed by atoms with E-state index in [9.17, 15) is 13.2 Å². The molecule has 1 aromatic carbocycles. The maximum atomic E-state index is 12.2. The molecule has 0 unspecified atom stereocenters. The van der Waals surface area contributed by atoms with Crippen LogP contribution in [0.4, 0.5) is 13.2 Å². The van der Waals surface area contributed by atoms with Gasteiger partial charge in [0, 0.05) is 11.4 Å². The first kappa shape index (κ1) is 14.2. The summed E-state index contributed by atoms with van der Waals surface area (Å²) < 4.78 is 45.5. The van der Waals surface area contributed by atoms with Crippen LogP contribution in [0.2, 0.25) is 0 Å². The third-order valence-electron chi connectivity index (χ3n) is 2.08. The van der Waals surface area contributed by atoms with E-state index in [4.69, 9.17) is 4.74 Å². The highest BCUT2D eigenvalue weighted by Crippen LogP contribution is 2.30. The van der Waals surface area contributed by atoms with E-state index in [1.165, 1.54) is 13.2 Å². The van der Waals surface area contributed by atoms with Gasteiger partial charge in [-0.05, 0) is 24.5 Å². The molecule has 0 aliphatic rings. The number of halogens is 4. The number of ether oxygens (including phenoxy) is 2. The first-order valence-corrected chi connectivity index (χ1v) is 6.07. The lowest BCUT2D eigenvalue weighted by Gasteiger charge is -2.14. The topological polar surface area (TPSA) is 18.5 Å². The average molecular weight is 313 g/mol. The predicted octanol–water partition coefficient (Wildman–Crippen LogP) is 3.92. The number of rotatable bonds is 5. The minimum Gasteiger partial charge on any atom is -0.497 e. The molecule has 17 heavy (non-hydrogen) atoms. The zero-order chi connectivity index (χ0) is 12.9. The highest BCUT2D eigenvalue weighted by Gasteiger charge is 2.32. The maximum absolute atomic E-state index is 12.2. The summed E-state index contributed by atoms with van der Waals surface area (Å²) in [5.41, 5.74) is 0.516. The van der Waals surface area contributed by atoms with Crippen LogP contribution in [-0.2, 0) is 6.42 Å². The van der Waals surface area contributed by atoms with Crippen LogP contribution < -0.4 is 9.47 Å². The Kier molecular flexibility index (Phi) is 5.11. The van der Waals surface area contributed by atoms with Gasteiger partial charge in [0.1, 0.15) is 11.5 Å². The van der Waals surface area contributed by atoms with Crippen molar-refractivity contribution in [3.8, 4) is 11.5 Å². The zero-order valence-corrected chi connectivity index (χ0v) is 10.8. The third-order valence-corrected chi connectivity index (χ3v) is 2.64. The van der Waals surface area contributed by atoms with E-state index in [0.717, 1.165) is 11.8 Å². The fourth-order valence-electron chi connectivity index (χ4n) is 1.35. The molecule has 0 fully saturated rings. The molecule has 0 spiro atoms. The monoisotopic (exact) mass is 312 g/mol. The summed E-state index contributed by atoms with van der Waals surface area (Å²) in [5.74, 6) is 0.143. The molecule has 6 heteroatoms. The Bertz CT molecular complexity index is 366. The van der Waals surface area contributed by atoms with E-state index < -0.39 is 6.36 Å². The van der Waals surface area contributed by atoms with Crippen molar-refractivity contribution in [2.24, 2.45) is 0 Å². The van der Waals surface area contributed by atoms with Crippen molar-refractivity contribution in [2.75, 3.05) is 12.4 Å². The lowest BCUT2D eigenvalue weighted by atomic mass is 10.1. The van der Waals surface area contributed by atoms with Crippen LogP contribution in [0.1, 0.15) is 12.0 Å². The van der Waals surface area contributed by atoms with Crippen LogP contribution in [0.15, 0.2) is 18.2 Å². The third kappa shape index (κ3) is 4.85. The first-order valence-electron chi connectivity index (χ1n) is 4.95. The minimum absolute atomic E-state index is 0.196. The highest BCUT2D eigenvalue weighted by atomic mass is 79.9. The number of benzene rings is 1. The van der Waals surface area contributed by atoms with E-state index in [-0.39, 0.29) is 5.75 Å². The Labute approximate surface area is 106 Å². The molecule has 0 N–H and O–H groups in total. The molecule has 0 heterocycles. The second kappa shape index (κ2) is 6.14. The molecular formula is C11H12BrF3O2. The van der Waals surface area contributed by atoms with Gasteiger partial charge in [-0.3, -0.25) is 0 Å². The second-order valence-electron chi connectivity index (χ2n) is 3.31. The number of hydrogen-bond acceptors (Lipinski definition) is 2. The largest absolute Gasteiger partial charge is 0.573 e. The van der Waals surface area contributed by atoms with Gasteiger partial charge in [0.15, 0.2) is 0 Å². The minimum atomic E-state index is -4.69. The van der Waals surface area contributed by atoms with Crippen molar-refractivity contribution in [2.45, 2.75) is 19.2 Å². The molecule has 0 amide bonds. The summed E-state index contributed by atoms with van der Waals surface area (Å²) in [4.78, 5) is 0. The molecule has 0 bridgehead atoms. The molecule has 0 atom stereocenters. The number of methoxy groups -OCH3 is 1. The predicted molar refractivity (Wildman–Crippen MR) is 61.8 cm³/mol. The summed E-state index contributed by atoms with van der Waals surface area (Å²) in [6, 6.07) is 4.45. The van der Waals surface area contributed by atoms with Gasteiger partial charge in [-0.2, -0.15) is 0 Å². The van der Waals surface area contributed by atoms with Crippen molar-refractivity contribution in [3.63, 3.8) is 0 Å². The van der Waals surface area contributed by atoms with Crippen LogP contribution in [0.3, 0.4) is 0 Å². The van der Waals surface area contributed by atoms with Crippen LogP contribution in [-0.4, -0.2) is 18.8 Å². The summed E-state index contributed by atoms with van der Waals surface area (Å²) in [6.45, 7) is 0. The standard InChI is InChI=1S/C11H12BrF3O2/c1-16-9-5-4-8(3-2-6-12)10(7-9)17-11(13,14)15/h4-5,7H,2-3,6H2,1H3. The molecule has 1 aromatic rings. The van der Waals surface area contributed by atoms with Gasteiger partial charge < -0.3 is 9.47 Å². The Hall–Kier alpha value is -0.910. The SMILES string of the molecule is COc1ccc(CCCBr)c(OC(F)(F)F)c1. The molecule has 96 valence electrons. The number of aryl methyl sites for hydroxylation is 1. The van der Waals surface area contributed by atoms with Crippen LogP contribution in [0.5, 0.6) is 11.5 Å². The fourth-order valence-corrected chi connectivity index (χ4v) is 1.63. The van der Waals surface area contributed by atoms with E-state index >= 15 is 0 Å². The summed E-state index contributed by atoms with van der Waals surface area (Å²) in [5, 5.41) is 0.727. The quantitative estimate of drug-likeness (QED) is 0.767. The van der Waals surface area contributed by atoms with Gasteiger partial charge in [-0.1, -0.05) is 22.0 Å². The van der Waals surface area contributed by atoms with Crippen LogP contribution in [0.25, 0.3) is 0 Å². The van der Waals surface area contributed by atoms with Crippen molar-refractivity contribution in [1.82, 2.24) is 0 Å². The molecule has 0 saturated carbocycles. The summed E-state index contributed by atoms with van der Waals surface area (Å²) in [7, 11) is 1.39. The van der Waals surface area contributed by atoms with Crippen molar-refractivity contribution < 1.29 is 22.6 Å². The molecule has 0 aliphatic carbocycles. The van der Waals surface area contributed by atoms with Gasteiger partial charge in [0.05, 0.1) is 7.11 Å². The number of alkyl halides is 4. The van der Waals surface area contributed by atoms with Gasteiger partial charge in [0.25, 0.3) is 0 Å². The maximum Gasteiger partial charge on any atom is 0.573 e. The lowest BCUT2D eigenvalue weighted by molar-refractivity contribution is -0.274. The van der Waals surface area contributed by atoms with E-state index in [1.54, 1.807) is 12.1 Å². The van der Waals surface area contributed by atoms with Gasteiger partial charge in [-0.25, -0.2) is 0 Å². The molecule has 0 aliphatic heterocycles. The molecule has 2 nitrogen and oxygen atoms in total. The van der Waals surface area contributed by atoms with Crippen molar-refractivity contribution in [3.05, 3.63) is 23.8 Å². The van der Waals surface area contributed by atoms with Crippen LogP contribution in [0, 0.1) is 0 Å². The lowest BCUT2D eigenvalue weighted by Crippen LogP contribution is -2.18. The van der Waals surface area contributed by atoms with Crippen molar-refractivity contribution in [1.29, 1.82) is 0 Å². The smallest absolute Gasteiger partial charge is 0.497 e. The van der Waals surface area contributed by atoms with Crippen molar-refractivity contribution >= 4 is 15.9 Å². The van der Waals surface area contributed by atoms with E-state index in [0.29, 0.717) is 17.7 Å². The van der Waals surface area contributed by atoms with Crippen LogP contribution >= 0.6 is 15.9 Å². The molecule has 0 aromatic heterocycles. The molecule has 0 radical (unpaired) electrons. The fraction of sp³-hybridized carbons (Fsp3) is 0.455.